The summed E-state index contributed by atoms with van der Waals surface area (Å²) in [5.41, 5.74) is 0. The Bertz CT molecular complexity index is 302. The number of anilines is 1. The molecule has 1 N–H and O–H groups in total. The summed E-state index contributed by atoms with van der Waals surface area (Å²) >= 11 is 3.49. The third-order valence-electron chi connectivity index (χ3n) is 2.10. The maximum Gasteiger partial charge on any atom is 0.142 e. The van der Waals surface area contributed by atoms with Gasteiger partial charge < -0.3 is 10.2 Å². The number of halogens is 1. The average Bonchev–Trinajstić information content (AvgIpc) is 2.17. The van der Waals surface area contributed by atoms with Gasteiger partial charge in [0.05, 0.1) is 4.47 Å². The summed E-state index contributed by atoms with van der Waals surface area (Å²) in [6.45, 7) is 6.22. The van der Waals surface area contributed by atoms with E-state index in [1.165, 1.54) is 0 Å². The first-order valence-corrected chi connectivity index (χ1v) is 5.95. The van der Waals surface area contributed by atoms with Crippen molar-refractivity contribution in [3.05, 3.63) is 22.8 Å². The molecule has 0 aliphatic carbocycles. The molecule has 0 spiro atoms. The van der Waals surface area contributed by atoms with E-state index in [1.807, 2.05) is 18.3 Å². The van der Waals surface area contributed by atoms with E-state index in [-0.39, 0.29) is 0 Å². The Kier molecular flexibility index (Phi) is 5.05. The fraction of sp³-hybridized carbons (Fsp3) is 0.545. The van der Waals surface area contributed by atoms with Gasteiger partial charge in [-0.3, -0.25) is 0 Å². The molecule has 15 heavy (non-hydrogen) atoms. The van der Waals surface area contributed by atoms with Crippen LogP contribution in [-0.4, -0.2) is 31.2 Å². The molecule has 1 rings (SSSR count). The minimum atomic E-state index is 0.533. The van der Waals surface area contributed by atoms with Crippen LogP contribution < -0.4 is 10.2 Å². The van der Waals surface area contributed by atoms with E-state index >= 15 is 0 Å². The standard InChI is InChI=1S/C11H18BrN3/c1-9(2)13-7-8-15(3)11-10(12)5-4-6-14-11/h4-6,9,13H,7-8H2,1-3H3. The highest BCUT2D eigenvalue weighted by molar-refractivity contribution is 9.10. The minimum Gasteiger partial charge on any atom is -0.357 e. The number of likely N-dealkylation sites (N-methyl/N-ethyl adjacent to an activating group) is 1. The Hall–Kier alpha value is -0.610. The smallest absolute Gasteiger partial charge is 0.142 e. The Morgan fingerprint density at radius 2 is 2.27 bits per heavy atom. The number of rotatable bonds is 5. The van der Waals surface area contributed by atoms with E-state index < -0.39 is 0 Å². The van der Waals surface area contributed by atoms with E-state index in [0.717, 1.165) is 23.4 Å². The predicted molar refractivity (Wildman–Crippen MR) is 68.3 cm³/mol. The monoisotopic (exact) mass is 271 g/mol. The molecule has 1 aromatic heterocycles. The molecule has 0 bridgehead atoms. The number of nitrogens with zero attached hydrogens (tertiary/aromatic N) is 2. The second-order valence-electron chi connectivity index (χ2n) is 3.84. The Balaban J connectivity index is 2.47. The van der Waals surface area contributed by atoms with E-state index in [4.69, 9.17) is 0 Å². The molecule has 1 aromatic rings. The lowest BCUT2D eigenvalue weighted by Crippen LogP contribution is -2.33. The zero-order valence-electron chi connectivity index (χ0n) is 9.50. The van der Waals surface area contributed by atoms with Crippen molar-refractivity contribution in [2.75, 3.05) is 25.0 Å². The largest absolute Gasteiger partial charge is 0.357 e. The molecule has 0 saturated carbocycles. The highest BCUT2D eigenvalue weighted by atomic mass is 79.9. The molecule has 1 heterocycles. The second kappa shape index (κ2) is 6.08. The molecule has 0 aromatic carbocycles. The van der Waals surface area contributed by atoms with Gasteiger partial charge in [0.15, 0.2) is 0 Å². The van der Waals surface area contributed by atoms with Gasteiger partial charge >= 0.3 is 0 Å². The van der Waals surface area contributed by atoms with E-state index in [9.17, 15) is 0 Å². The summed E-state index contributed by atoms with van der Waals surface area (Å²) in [4.78, 5) is 6.47. The van der Waals surface area contributed by atoms with Gasteiger partial charge in [-0.2, -0.15) is 0 Å². The van der Waals surface area contributed by atoms with Gasteiger partial charge in [-0.15, -0.1) is 0 Å². The van der Waals surface area contributed by atoms with Crippen LogP contribution in [0.15, 0.2) is 22.8 Å². The van der Waals surface area contributed by atoms with Crippen molar-refractivity contribution in [3.63, 3.8) is 0 Å². The molecular formula is C11H18BrN3. The second-order valence-corrected chi connectivity index (χ2v) is 4.69. The average molecular weight is 272 g/mol. The van der Waals surface area contributed by atoms with Gasteiger partial charge in [0, 0.05) is 32.4 Å². The third-order valence-corrected chi connectivity index (χ3v) is 2.72. The molecule has 3 nitrogen and oxygen atoms in total. The zero-order valence-corrected chi connectivity index (χ0v) is 11.1. The van der Waals surface area contributed by atoms with Crippen molar-refractivity contribution in [2.24, 2.45) is 0 Å². The van der Waals surface area contributed by atoms with Crippen LogP contribution in [0.5, 0.6) is 0 Å². The lowest BCUT2D eigenvalue weighted by molar-refractivity contribution is 0.588. The number of pyridine rings is 1. The maximum absolute atomic E-state index is 4.33. The Morgan fingerprint density at radius 3 is 2.87 bits per heavy atom. The van der Waals surface area contributed by atoms with Crippen LogP contribution in [0.2, 0.25) is 0 Å². The molecule has 0 atom stereocenters. The van der Waals surface area contributed by atoms with E-state index in [1.54, 1.807) is 0 Å². The lowest BCUT2D eigenvalue weighted by atomic mass is 10.4. The molecule has 84 valence electrons. The summed E-state index contributed by atoms with van der Waals surface area (Å²) in [5.74, 6) is 0.989. The lowest BCUT2D eigenvalue weighted by Gasteiger charge is -2.20. The van der Waals surface area contributed by atoms with E-state index in [0.29, 0.717) is 6.04 Å². The summed E-state index contributed by atoms with van der Waals surface area (Å²) < 4.78 is 1.04. The zero-order chi connectivity index (χ0) is 11.3. The molecule has 0 fully saturated rings. The van der Waals surface area contributed by atoms with Crippen LogP contribution in [0.3, 0.4) is 0 Å². The third kappa shape index (κ3) is 4.18. The molecular weight excluding hydrogens is 254 g/mol. The van der Waals surface area contributed by atoms with Crippen molar-refractivity contribution in [3.8, 4) is 0 Å². The first kappa shape index (κ1) is 12.5. The van der Waals surface area contributed by atoms with Gasteiger partial charge in [-0.25, -0.2) is 4.98 Å². The van der Waals surface area contributed by atoms with Crippen molar-refractivity contribution >= 4 is 21.7 Å². The van der Waals surface area contributed by atoms with Crippen molar-refractivity contribution in [1.82, 2.24) is 10.3 Å². The van der Waals surface area contributed by atoms with Gasteiger partial charge in [0.2, 0.25) is 0 Å². The van der Waals surface area contributed by atoms with Crippen LogP contribution in [0, 0.1) is 0 Å². The van der Waals surface area contributed by atoms with Gasteiger partial charge in [-0.1, -0.05) is 13.8 Å². The minimum absolute atomic E-state index is 0.533. The molecule has 0 amide bonds. The Morgan fingerprint density at radius 1 is 1.53 bits per heavy atom. The summed E-state index contributed by atoms with van der Waals surface area (Å²) in [7, 11) is 2.05. The summed E-state index contributed by atoms with van der Waals surface area (Å²) in [6, 6.07) is 4.47. The van der Waals surface area contributed by atoms with Crippen molar-refractivity contribution < 1.29 is 0 Å². The summed E-state index contributed by atoms with van der Waals surface area (Å²) in [5, 5.41) is 3.38. The topological polar surface area (TPSA) is 28.2 Å². The van der Waals surface area contributed by atoms with Crippen molar-refractivity contribution in [2.45, 2.75) is 19.9 Å². The van der Waals surface area contributed by atoms with Crippen molar-refractivity contribution in [1.29, 1.82) is 0 Å². The van der Waals surface area contributed by atoms with Crippen LogP contribution >= 0.6 is 15.9 Å². The number of nitrogens with one attached hydrogen (secondary N) is 1. The first-order chi connectivity index (χ1) is 7.11. The van der Waals surface area contributed by atoms with Crippen LogP contribution in [0.25, 0.3) is 0 Å². The maximum atomic E-state index is 4.33. The fourth-order valence-corrected chi connectivity index (χ4v) is 1.84. The number of hydrogen-bond donors (Lipinski definition) is 1. The normalized spacial score (nSPS) is 10.7. The fourth-order valence-electron chi connectivity index (χ4n) is 1.29. The number of hydrogen-bond acceptors (Lipinski definition) is 3. The van der Waals surface area contributed by atoms with Crippen LogP contribution in [-0.2, 0) is 0 Å². The predicted octanol–water partition coefficient (Wildman–Crippen LogP) is 2.28. The van der Waals surface area contributed by atoms with E-state index in [2.05, 4.69) is 52.0 Å². The first-order valence-electron chi connectivity index (χ1n) is 5.16. The quantitative estimate of drug-likeness (QED) is 0.891. The molecule has 0 unspecified atom stereocenters. The van der Waals surface area contributed by atoms with Crippen LogP contribution in [0.4, 0.5) is 5.82 Å². The highest BCUT2D eigenvalue weighted by Crippen LogP contribution is 2.21. The van der Waals surface area contributed by atoms with Gasteiger partial charge in [0.1, 0.15) is 5.82 Å². The summed E-state index contributed by atoms with van der Waals surface area (Å²) in [6.07, 6.45) is 1.81. The molecule has 0 saturated heterocycles. The molecule has 0 aliphatic rings. The van der Waals surface area contributed by atoms with Gasteiger partial charge in [0.25, 0.3) is 0 Å². The Labute approximate surface area is 100 Å². The number of aromatic nitrogens is 1. The SMILES string of the molecule is CC(C)NCCN(C)c1ncccc1Br. The molecule has 0 aliphatic heterocycles. The molecule has 0 radical (unpaired) electrons. The highest BCUT2D eigenvalue weighted by Gasteiger charge is 2.05. The van der Waals surface area contributed by atoms with Crippen LogP contribution in [0.1, 0.15) is 13.8 Å². The van der Waals surface area contributed by atoms with Gasteiger partial charge in [-0.05, 0) is 28.1 Å². The molecule has 4 heteroatoms.